The number of amides is 2. The maximum atomic E-state index is 13.9. The molecule has 0 radical (unpaired) electrons. The zero-order valence-corrected chi connectivity index (χ0v) is 27.4. The summed E-state index contributed by atoms with van der Waals surface area (Å²) in [5.74, 6) is 0.314. The van der Waals surface area contributed by atoms with Crippen LogP contribution in [0.4, 0.5) is 35.5 Å². The van der Waals surface area contributed by atoms with E-state index in [9.17, 15) is 23.1 Å². The molecule has 0 spiro atoms. The number of halogens is 3. The van der Waals surface area contributed by atoms with Crippen LogP contribution in [0, 0.1) is 0 Å². The Labute approximate surface area is 281 Å². The van der Waals surface area contributed by atoms with E-state index in [-0.39, 0.29) is 55.0 Å². The third kappa shape index (κ3) is 7.82. The number of aliphatic hydroxyl groups is 1. The summed E-state index contributed by atoms with van der Waals surface area (Å²) >= 11 is 0. The van der Waals surface area contributed by atoms with E-state index in [2.05, 4.69) is 35.6 Å². The summed E-state index contributed by atoms with van der Waals surface area (Å²) in [7, 11) is 1.49. The molecule has 1 aliphatic heterocycles. The van der Waals surface area contributed by atoms with Gasteiger partial charge in [0, 0.05) is 61.1 Å². The Morgan fingerprint density at radius 3 is 2.24 bits per heavy atom. The molecule has 15 heteroatoms. The van der Waals surface area contributed by atoms with E-state index < -0.39 is 17.3 Å². The maximum Gasteiger partial charge on any atom is 0.421 e. The van der Waals surface area contributed by atoms with Gasteiger partial charge in [0.05, 0.1) is 18.8 Å². The first-order valence-electron chi connectivity index (χ1n) is 16.1. The molecule has 3 N–H and O–H groups in total. The number of alkyl halides is 3. The van der Waals surface area contributed by atoms with Crippen LogP contribution in [0.2, 0.25) is 0 Å². The van der Waals surface area contributed by atoms with Crippen LogP contribution in [0.15, 0.2) is 67.3 Å². The SMILES string of the molecule is COc1ncc(-c2ccc(N(C(=O)N[C@@H](C)c3ccccc3)[C@H]3CC[C@H](Nc4ncc(C(F)(F)F)c(N5CC(C)(O)C5)n4)CC3)nc2)cn1. The molecule has 12 nitrogen and oxygen atoms in total. The number of ether oxygens (including phenoxy) is 1. The minimum Gasteiger partial charge on any atom is -0.467 e. The minimum atomic E-state index is -4.63. The normalized spacial score (nSPS) is 19.4. The Balaban J connectivity index is 1.18. The Bertz CT molecular complexity index is 1730. The highest BCUT2D eigenvalue weighted by atomic mass is 19.4. The number of hydrogen-bond acceptors (Lipinski definition) is 10. The van der Waals surface area contributed by atoms with E-state index in [1.807, 2.05) is 43.3 Å². The summed E-state index contributed by atoms with van der Waals surface area (Å²) in [5, 5.41) is 16.4. The molecular weight excluding hydrogens is 639 g/mol. The van der Waals surface area contributed by atoms with Crippen molar-refractivity contribution >= 4 is 23.6 Å². The van der Waals surface area contributed by atoms with Crippen molar-refractivity contribution < 1.29 is 27.8 Å². The molecule has 4 heterocycles. The second-order valence-electron chi connectivity index (χ2n) is 12.7. The van der Waals surface area contributed by atoms with Gasteiger partial charge in [-0.3, -0.25) is 4.90 Å². The summed E-state index contributed by atoms with van der Waals surface area (Å²) in [5.41, 5.74) is 0.463. The number of pyridine rings is 1. The number of β-amino-alcohol motifs (C(OH)–C–C–N with tert-alkyl or cyclic N) is 1. The zero-order valence-electron chi connectivity index (χ0n) is 27.4. The summed E-state index contributed by atoms with van der Waals surface area (Å²) in [6.07, 6.45) is 3.53. The summed E-state index contributed by atoms with van der Waals surface area (Å²) in [6.45, 7) is 3.58. The van der Waals surface area contributed by atoms with Gasteiger partial charge in [-0.2, -0.15) is 18.2 Å². The molecular formula is C34H38F3N9O3. The molecule has 2 amide bonds. The van der Waals surface area contributed by atoms with Crippen LogP contribution < -0.4 is 25.2 Å². The number of hydrogen-bond donors (Lipinski definition) is 3. The van der Waals surface area contributed by atoms with Crippen molar-refractivity contribution in [3.63, 3.8) is 0 Å². The molecule has 4 aromatic rings. The lowest BCUT2D eigenvalue weighted by Gasteiger charge is -2.45. The van der Waals surface area contributed by atoms with Crippen molar-refractivity contribution in [3.8, 4) is 17.1 Å². The van der Waals surface area contributed by atoms with E-state index in [4.69, 9.17) is 4.74 Å². The molecule has 1 aliphatic carbocycles. The van der Waals surface area contributed by atoms with Gasteiger partial charge < -0.3 is 25.4 Å². The predicted octanol–water partition coefficient (Wildman–Crippen LogP) is 5.63. The zero-order chi connectivity index (χ0) is 34.8. The van der Waals surface area contributed by atoms with Crippen molar-refractivity contribution in [1.82, 2.24) is 30.2 Å². The van der Waals surface area contributed by atoms with E-state index >= 15 is 0 Å². The fraction of sp³-hybridized carbons (Fsp3) is 0.412. The molecule has 1 saturated heterocycles. The monoisotopic (exact) mass is 677 g/mol. The maximum absolute atomic E-state index is 13.9. The average molecular weight is 678 g/mol. The van der Waals surface area contributed by atoms with Crippen molar-refractivity contribution in [3.05, 3.63) is 78.4 Å². The second kappa shape index (κ2) is 13.8. The quantitative estimate of drug-likeness (QED) is 0.204. The number of urea groups is 1. The Hall–Kier alpha value is -5.05. The number of nitrogens with zero attached hydrogens (tertiary/aromatic N) is 7. The number of nitrogens with one attached hydrogen (secondary N) is 2. The van der Waals surface area contributed by atoms with Crippen LogP contribution >= 0.6 is 0 Å². The Morgan fingerprint density at radius 2 is 1.65 bits per heavy atom. The van der Waals surface area contributed by atoms with Crippen LogP contribution in [0.3, 0.4) is 0 Å². The molecule has 1 aromatic carbocycles. The number of benzene rings is 1. The third-order valence-corrected chi connectivity index (χ3v) is 8.83. The lowest BCUT2D eigenvalue weighted by Crippen LogP contribution is -2.60. The van der Waals surface area contributed by atoms with Crippen molar-refractivity contribution in [2.24, 2.45) is 0 Å². The van der Waals surface area contributed by atoms with E-state index in [1.54, 1.807) is 36.5 Å². The van der Waals surface area contributed by atoms with E-state index in [0.717, 1.165) is 22.9 Å². The third-order valence-electron chi connectivity index (χ3n) is 8.83. The van der Waals surface area contributed by atoms with Crippen LogP contribution in [0.25, 0.3) is 11.1 Å². The molecule has 2 aliphatic rings. The van der Waals surface area contributed by atoms with Crippen LogP contribution in [-0.4, -0.2) is 73.9 Å². The number of methoxy groups -OCH3 is 1. The van der Waals surface area contributed by atoms with Gasteiger partial charge in [-0.05, 0) is 57.2 Å². The van der Waals surface area contributed by atoms with Crippen molar-refractivity contribution in [2.45, 2.75) is 69.4 Å². The van der Waals surface area contributed by atoms with Gasteiger partial charge in [-0.15, -0.1) is 0 Å². The van der Waals surface area contributed by atoms with Gasteiger partial charge >= 0.3 is 18.2 Å². The van der Waals surface area contributed by atoms with Gasteiger partial charge in [-0.25, -0.2) is 24.7 Å². The fourth-order valence-electron chi connectivity index (χ4n) is 6.28. The van der Waals surface area contributed by atoms with E-state index in [0.29, 0.717) is 31.5 Å². The van der Waals surface area contributed by atoms with E-state index in [1.165, 1.54) is 12.0 Å². The molecule has 0 unspecified atom stereocenters. The Kier molecular flexibility index (Phi) is 9.54. The topological polar surface area (TPSA) is 142 Å². The number of carbonyl (C=O) groups is 1. The smallest absolute Gasteiger partial charge is 0.421 e. The van der Waals surface area contributed by atoms with Gasteiger partial charge in [0.1, 0.15) is 17.2 Å². The van der Waals surface area contributed by atoms with Crippen molar-refractivity contribution in [2.75, 3.05) is 35.3 Å². The van der Waals surface area contributed by atoms with Gasteiger partial charge in [0.25, 0.3) is 0 Å². The lowest BCUT2D eigenvalue weighted by atomic mass is 9.90. The molecule has 3 aromatic heterocycles. The fourth-order valence-corrected chi connectivity index (χ4v) is 6.28. The number of carbonyl (C=O) groups excluding carboxylic acids is 1. The standard InChI is InChI=1S/C34H38F3N9O3/c1-21(22-7-5-4-6-8-22)42-32(47)46(28-14-9-23(15-38-28)24-16-40-31(49-3)41-17-24)26-12-10-25(11-13-26)43-30-39-18-27(34(35,36)37)29(44-30)45-19-33(2,48)20-45/h4-9,14-18,21,25-26,48H,10-13,19-20H2,1-3H3,(H,42,47)(H,39,43,44)/t21-,25-,26-/m0/s1. The molecule has 258 valence electrons. The van der Waals surface area contributed by atoms with Gasteiger partial charge in [0.15, 0.2) is 0 Å². The summed E-state index contributed by atoms with van der Waals surface area (Å²) in [4.78, 5) is 38.2. The second-order valence-corrected chi connectivity index (χ2v) is 12.7. The molecule has 1 atom stereocenters. The number of anilines is 3. The van der Waals surface area contributed by atoms with Crippen LogP contribution in [-0.2, 0) is 6.18 Å². The number of aromatic nitrogens is 5. The van der Waals surface area contributed by atoms with Crippen LogP contribution in [0.5, 0.6) is 6.01 Å². The highest BCUT2D eigenvalue weighted by Gasteiger charge is 2.43. The predicted molar refractivity (Wildman–Crippen MR) is 177 cm³/mol. The average Bonchev–Trinajstić information content (AvgIpc) is 3.08. The summed E-state index contributed by atoms with van der Waals surface area (Å²) in [6, 6.07) is 12.7. The van der Waals surface area contributed by atoms with Crippen LogP contribution in [0.1, 0.15) is 56.7 Å². The Morgan fingerprint density at radius 1 is 0.980 bits per heavy atom. The first-order chi connectivity index (χ1) is 23.4. The minimum absolute atomic E-state index is 0.0430. The number of rotatable bonds is 9. The molecule has 1 saturated carbocycles. The highest BCUT2D eigenvalue weighted by molar-refractivity contribution is 5.92. The first-order valence-corrected chi connectivity index (χ1v) is 16.1. The first kappa shape index (κ1) is 33.8. The van der Waals surface area contributed by atoms with Gasteiger partial charge in [0.2, 0.25) is 5.95 Å². The molecule has 49 heavy (non-hydrogen) atoms. The van der Waals surface area contributed by atoms with Gasteiger partial charge in [-0.1, -0.05) is 30.3 Å². The summed E-state index contributed by atoms with van der Waals surface area (Å²) < 4.78 is 46.3. The largest absolute Gasteiger partial charge is 0.467 e. The van der Waals surface area contributed by atoms with Crippen molar-refractivity contribution in [1.29, 1.82) is 0 Å². The molecule has 2 fully saturated rings. The lowest BCUT2D eigenvalue weighted by molar-refractivity contribution is -0.137. The molecule has 6 rings (SSSR count). The molecule has 0 bridgehead atoms. The highest BCUT2D eigenvalue weighted by Crippen LogP contribution is 2.39.